The quantitative estimate of drug-likeness (QED) is 0.687. The molecule has 0 aliphatic rings. The van der Waals surface area contributed by atoms with Crippen molar-refractivity contribution >= 4 is 16.7 Å². The van der Waals surface area contributed by atoms with Crippen molar-refractivity contribution in [3.8, 4) is 5.75 Å². The Morgan fingerprint density at radius 3 is 2.65 bits per heavy atom. The number of fused-ring (bicyclic) bond motifs is 1. The monoisotopic (exact) mass is 356 g/mol. The number of nitrogens with zero attached hydrogens (tertiary/aromatic N) is 1. The van der Waals surface area contributed by atoms with E-state index in [2.05, 4.69) is 5.32 Å². The van der Waals surface area contributed by atoms with E-state index in [0.29, 0.717) is 28.9 Å². The zero-order valence-corrected chi connectivity index (χ0v) is 15.0. The Balaban J connectivity index is 2.20. The average molecular weight is 356 g/mol. The first-order valence-electron chi connectivity index (χ1n) is 8.28. The molecular weight excluding hydrogens is 335 g/mol. The number of rotatable bonds is 5. The summed E-state index contributed by atoms with van der Waals surface area (Å²) in [5.41, 5.74) is 1.79. The van der Waals surface area contributed by atoms with Crippen LogP contribution in [0.1, 0.15) is 16.7 Å². The number of hydrogen-bond donors (Lipinski definition) is 2. The summed E-state index contributed by atoms with van der Waals surface area (Å²) in [6.07, 6.45) is 0.129. The second kappa shape index (κ2) is 7.17. The lowest BCUT2D eigenvalue weighted by atomic mass is 9.97. The van der Waals surface area contributed by atoms with Crippen molar-refractivity contribution in [1.29, 1.82) is 0 Å². The fourth-order valence-corrected chi connectivity index (χ4v) is 3.07. The van der Waals surface area contributed by atoms with Crippen molar-refractivity contribution in [2.75, 3.05) is 26.5 Å². The largest absolute Gasteiger partial charge is 0.508 e. The highest BCUT2D eigenvalue weighted by Crippen LogP contribution is 2.27. The highest BCUT2D eigenvalue weighted by atomic mass is 19.1. The van der Waals surface area contributed by atoms with Crippen LogP contribution in [0.2, 0.25) is 0 Å². The maximum Gasteiger partial charge on any atom is 0.340 e. The number of benzene rings is 2. The number of anilines is 1. The van der Waals surface area contributed by atoms with Crippen LogP contribution in [0.15, 0.2) is 45.6 Å². The van der Waals surface area contributed by atoms with Gasteiger partial charge in [0.1, 0.15) is 17.1 Å². The Morgan fingerprint density at radius 1 is 1.19 bits per heavy atom. The summed E-state index contributed by atoms with van der Waals surface area (Å²) in [6.45, 7) is 0.496. The molecule has 2 aromatic carbocycles. The minimum absolute atomic E-state index is 0.0250. The van der Waals surface area contributed by atoms with Crippen LogP contribution < -0.4 is 10.9 Å². The summed E-state index contributed by atoms with van der Waals surface area (Å²) in [7, 11) is 5.44. The van der Waals surface area contributed by atoms with E-state index < -0.39 is 5.63 Å². The van der Waals surface area contributed by atoms with Crippen LogP contribution in [0.5, 0.6) is 5.75 Å². The van der Waals surface area contributed by atoms with Gasteiger partial charge in [0.25, 0.3) is 0 Å². The summed E-state index contributed by atoms with van der Waals surface area (Å²) in [5, 5.41) is 13.2. The first-order chi connectivity index (χ1) is 12.4. The zero-order valence-electron chi connectivity index (χ0n) is 15.0. The first kappa shape index (κ1) is 17.9. The van der Waals surface area contributed by atoms with Gasteiger partial charge in [-0.25, -0.2) is 9.18 Å². The number of phenolic OH excluding ortho intramolecular Hbond substituents is 1. The average Bonchev–Trinajstić information content (AvgIpc) is 2.58. The topological polar surface area (TPSA) is 65.7 Å². The van der Waals surface area contributed by atoms with Crippen molar-refractivity contribution < 1.29 is 13.9 Å². The molecule has 5 nitrogen and oxygen atoms in total. The van der Waals surface area contributed by atoms with Gasteiger partial charge in [-0.15, -0.1) is 0 Å². The van der Waals surface area contributed by atoms with Gasteiger partial charge in [0.15, 0.2) is 0 Å². The Bertz CT molecular complexity index is 1010. The predicted molar refractivity (Wildman–Crippen MR) is 100 cm³/mol. The van der Waals surface area contributed by atoms with Crippen molar-refractivity contribution in [2.24, 2.45) is 0 Å². The van der Waals surface area contributed by atoms with Crippen molar-refractivity contribution in [3.63, 3.8) is 0 Å². The normalized spacial score (nSPS) is 11.3. The molecule has 0 fully saturated rings. The van der Waals surface area contributed by atoms with E-state index in [1.807, 2.05) is 19.0 Å². The molecule has 6 heteroatoms. The van der Waals surface area contributed by atoms with Crippen molar-refractivity contribution in [3.05, 3.63) is 69.3 Å². The molecule has 3 rings (SSSR count). The molecule has 0 saturated carbocycles. The Morgan fingerprint density at radius 2 is 1.96 bits per heavy atom. The smallest absolute Gasteiger partial charge is 0.340 e. The molecule has 2 N–H and O–H groups in total. The molecule has 0 aliphatic carbocycles. The zero-order chi connectivity index (χ0) is 18.8. The van der Waals surface area contributed by atoms with Crippen LogP contribution in [0, 0.1) is 5.82 Å². The maximum atomic E-state index is 14.6. The number of hydrogen-bond acceptors (Lipinski definition) is 5. The predicted octanol–water partition coefficient (Wildman–Crippen LogP) is 3.33. The highest BCUT2D eigenvalue weighted by molar-refractivity contribution is 5.82. The minimum Gasteiger partial charge on any atom is -0.508 e. The van der Waals surface area contributed by atoms with Gasteiger partial charge in [-0.3, -0.25) is 0 Å². The van der Waals surface area contributed by atoms with Gasteiger partial charge in [-0.1, -0.05) is 12.1 Å². The molecule has 0 spiro atoms. The van der Waals surface area contributed by atoms with Gasteiger partial charge < -0.3 is 19.7 Å². The molecule has 136 valence electrons. The van der Waals surface area contributed by atoms with Gasteiger partial charge >= 0.3 is 5.63 Å². The number of aromatic hydroxyl groups is 1. The second-order valence-corrected chi connectivity index (χ2v) is 6.47. The fourth-order valence-electron chi connectivity index (χ4n) is 3.07. The Hall–Kier alpha value is -2.86. The van der Waals surface area contributed by atoms with Gasteiger partial charge in [0.2, 0.25) is 0 Å². The van der Waals surface area contributed by atoms with E-state index in [-0.39, 0.29) is 18.0 Å². The lowest BCUT2D eigenvalue weighted by molar-refractivity contribution is 0.400. The first-order valence-corrected chi connectivity index (χ1v) is 8.28. The summed E-state index contributed by atoms with van der Waals surface area (Å²) in [5.74, 6) is -0.354. The third-order valence-corrected chi connectivity index (χ3v) is 4.29. The molecule has 0 atom stereocenters. The third kappa shape index (κ3) is 3.41. The summed E-state index contributed by atoms with van der Waals surface area (Å²) in [4.78, 5) is 14.5. The fraction of sp³-hybridized carbons (Fsp3) is 0.250. The van der Waals surface area contributed by atoms with E-state index in [1.165, 1.54) is 6.07 Å². The molecule has 0 amide bonds. The Kier molecular flexibility index (Phi) is 4.95. The number of phenols is 1. The summed E-state index contributed by atoms with van der Waals surface area (Å²) in [6, 6.07) is 9.74. The summed E-state index contributed by atoms with van der Waals surface area (Å²) < 4.78 is 20.0. The third-order valence-electron chi connectivity index (χ3n) is 4.29. The van der Waals surface area contributed by atoms with E-state index in [9.17, 15) is 14.3 Å². The molecule has 0 unspecified atom stereocenters. The van der Waals surface area contributed by atoms with Crippen LogP contribution in [-0.4, -0.2) is 31.1 Å². The van der Waals surface area contributed by atoms with Crippen LogP contribution in [0.4, 0.5) is 10.1 Å². The van der Waals surface area contributed by atoms with Crippen LogP contribution in [0.3, 0.4) is 0 Å². The van der Waals surface area contributed by atoms with Crippen molar-refractivity contribution in [2.45, 2.75) is 13.0 Å². The van der Waals surface area contributed by atoms with Crippen LogP contribution >= 0.6 is 0 Å². The molecule has 3 aromatic rings. The van der Waals surface area contributed by atoms with Crippen molar-refractivity contribution in [1.82, 2.24) is 4.90 Å². The second-order valence-electron chi connectivity index (χ2n) is 6.47. The molecule has 26 heavy (non-hydrogen) atoms. The number of nitrogens with one attached hydrogen (secondary N) is 1. The summed E-state index contributed by atoms with van der Waals surface area (Å²) >= 11 is 0. The molecule has 0 aliphatic heterocycles. The van der Waals surface area contributed by atoms with Gasteiger partial charge in [0, 0.05) is 37.0 Å². The van der Waals surface area contributed by atoms with E-state index in [0.717, 1.165) is 10.9 Å². The SMILES string of the molecule is CNc1cccc(Cc2c(CN(C)C)c3ccc(O)cc3oc2=O)c1F. The maximum absolute atomic E-state index is 14.6. The molecular formula is C20H21FN2O3. The van der Waals surface area contributed by atoms with Gasteiger partial charge in [0.05, 0.1) is 5.69 Å². The van der Waals surface area contributed by atoms with Crippen LogP contribution in [0.25, 0.3) is 11.0 Å². The molecule has 1 heterocycles. The molecule has 1 aromatic heterocycles. The molecule has 0 radical (unpaired) electrons. The van der Waals surface area contributed by atoms with Gasteiger partial charge in [-0.05, 0) is 43.4 Å². The Labute approximate surface area is 150 Å². The molecule has 0 saturated heterocycles. The van der Waals surface area contributed by atoms with E-state index >= 15 is 0 Å². The molecule has 0 bridgehead atoms. The lowest BCUT2D eigenvalue weighted by Gasteiger charge is -2.16. The number of halogens is 1. The van der Waals surface area contributed by atoms with E-state index in [4.69, 9.17) is 4.42 Å². The van der Waals surface area contributed by atoms with Crippen LogP contribution in [-0.2, 0) is 13.0 Å². The minimum atomic E-state index is -0.519. The van der Waals surface area contributed by atoms with E-state index in [1.54, 1.807) is 37.4 Å². The van der Waals surface area contributed by atoms with Gasteiger partial charge in [-0.2, -0.15) is 0 Å². The standard InChI is InChI=1S/C20H21FN2O3/c1-22-17-6-4-5-12(19(17)21)9-15-16(11-23(2)3)14-8-7-13(24)10-18(14)26-20(15)25/h4-8,10,22,24H,9,11H2,1-3H3. The lowest BCUT2D eigenvalue weighted by Crippen LogP contribution is -2.19. The highest BCUT2D eigenvalue weighted by Gasteiger charge is 2.18.